The first kappa shape index (κ1) is 17.4. The molecule has 0 bridgehead atoms. The van der Waals surface area contributed by atoms with E-state index >= 15 is 0 Å². The van der Waals surface area contributed by atoms with Gasteiger partial charge in [-0.1, -0.05) is 12.1 Å². The summed E-state index contributed by atoms with van der Waals surface area (Å²) >= 11 is 0. The van der Waals surface area contributed by atoms with Crippen molar-refractivity contribution in [2.24, 2.45) is 9.98 Å². The molecule has 6 nitrogen and oxygen atoms in total. The van der Waals surface area contributed by atoms with Crippen molar-refractivity contribution in [3.8, 4) is 11.5 Å². The summed E-state index contributed by atoms with van der Waals surface area (Å²) in [7, 11) is 0. The van der Waals surface area contributed by atoms with Crippen LogP contribution in [-0.2, 0) is 9.59 Å². The summed E-state index contributed by atoms with van der Waals surface area (Å²) in [4.78, 5) is 26.9. The lowest BCUT2D eigenvalue weighted by Gasteiger charge is -2.09. The fraction of sp³-hybridized carbons (Fsp3) is 0.333. The molecule has 0 aromatic heterocycles. The molecule has 6 heteroatoms. The van der Waals surface area contributed by atoms with Gasteiger partial charge in [0.25, 0.3) is 0 Å². The molecule has 2 aromatic rings. The minimum atomic E-state index is 0.420. The van der Waals surface area contributed by atoms with E-state index < -0.39 is 0 Å². The molecule has 0 heterocycles. The number of hydrogen-bond acceptors (Lipinski definition) is 6. The second kappa shape index (κ2) is 9.95. The van der Waals surface area contributed by atoms with Crippen LogP contribution >= 0.6 is 0 Å². The van der Waals surface area contributed by atoms with Crippen molar-refractivity contribution < 1.29 is 19.1 Å². The summed E-state index contributed by atoms with van der Waals surface area (Å²) in [6, 6.07) is 11.7. The van der Waals surface area contributed by atoms with Crippen molar-refractivity contribution in [3.05, 3.63) is 36.4 Å². The van der Waals surface area contributed by atoms with Gasteiger partial charge in [0, 0.05) is 12.8 Å². The Morgan fingerprint density at radius 3 is 1.71 bits per heavy atom. The lowest BCUT2D eigenvalue weighted by Crippen LogP contribution is -2.00. The van der Waals surface area contributed by atoms with E-state index in [9.17, 15) is 9.59 Å². The largest absolute Gasteiger partial charge is 0.494 e. The SMILES string of the molecule is O=C=NCCCOc1ccc2ccc(OCCCN=C=O)cc2c1. The van der Waals surface area contributed by atoms with E-state index in [1.54, 1.807) is 0 Å². The van der Waals surface area contributed by atoms with E-state index in [0.717, 1.165) is 22.3 Å². The van der Waals surface area contributed by atoms with Gasteiger partial charge >= 0.3 is 0 Å². The highest BCUT2D eigenvalue weighted by molar-refractivity contribution is 5.85. The normalized spacial score (nSPS) is 9.83. The van der Waals surface area contributed by atoms with Gasteiger partial charge in [-0.25, -0.2) is 19.6 Å². The second-order valence-corrected chi connectivity index (χ2v) is 5.02. The molecule has 0 fully saturated rings. The average Bonchev–Trinajstić information content (AvgIpc) is 2.61. The van der Waals surface area contributed by atoms with Gasteiger partial charge in [-0.15, -0.1) is 0 Å². The number of aliphatic imine (C=N–C) groups is 2. The van der Waals surface area contributed by atoms with Crippen LogP contribution < -0.4 is 9.47 Å². The fourth-order valence-electron chi connectivity index (χ4n) is 2.14. The first-order chi connectivity index (χ1) is 11.8. The van der Waals surface area contributed by atoms with Crippen LogP contribution in [0.1, 0.15) is 12.8 Å². The van der Waals surface area contributed by atoms with E-state index in [1.165, 1.54) is 12.2 Å². The van der Waals surface area contributed by atoms with Gasteiger partial charge in [0.05, 0.1) is 26.3 Å². The quantitative estimate of drug-likeness (QED) is 0.382. The van der Waals surface area contributed by atoms with Crippen LogP contribution in [0.2, 0.25) is 0 Å². The Balaban J connectivity index is 1.93. The van der Waals surface area contributed by atoms with Gasteiger partial charge in [-0.05, 0) is 35.0 Å². The third-order valence-corrected chi connectivity index (χ3v) is 3.28. The third kappa shape index (κ3) is 5.69. The average molecular weight is 326 g/mol. The minimum absolute atomic E-state index is 0.420. The van der Waals surface area contributed by atoms with Crippen LogP contribution in [-0.4, -0.2) is 38.5 Å². The van der Waals surface area contributed by atoms with Crippen molar-refractivity contribution in [1.29, 1.82) is 0 Å². The number of rotatable bonds is 10. The molecule has 0 saturated heterocycles. The number of carbonyl (C=O) groups excluding carboxylic acids is 2. The zero-order chi connectivity index (χ0) is 17.0. The van der Waals surface area contributed by atoms with E-state index in [-0.39, 0.29) is 0 Å². The number of isocyanates is 2. The topological polar surface area (TPSA) is 77.3 Å². The molecule has 0 atom stereocenters. The molecule has 0 radical (unpaired) electrons. The molecule has 0 unspecified atom stereocenters. The van der Waals surface area contributed by atoms with Gasteiger partial charge in [-0.3, -0.25) is 0 Å². The summed E-state index contributed by atoms with van der Waals surface area (Å²) in [6.45, 7) is 1.82. The minimum Gasteiger partial charge on any atom is -0.494 e. The molecule has 2 aromatic carbocycles. The standard InChI is InChI=1S/C18H18N2O4/c21-13-19-7-1-9-23-17-5-3-15-4-6-18(12-16(15)11-17)24-10-2-8-20-14-22/h3-6,11-12H,1-2,7-10H2. The fourth-order valence-corrected chi connectivity index (χ4v) is 2.14. The molecular formula is C18H18N2O4. The van der Waals surface area contributed by atoms with Gasteiger partial charge in [-0.2, -0.15) is 0 Å². The molecular weight excluding hydrogens is 308 g/mol. The number of fused-ring (bicyclic) bond motifs is 1. The number of hydrogen-bond donors (Lipinski definition) is 0. The van der Waals surface area contributed by atoms with Crippen LogP contribution in [0.5, 0.6) is 11.5 Å². The Morgan fingerprint density at radius 1 is 0.750 bits per heavy atom. The van der Waals surface area contributed by atoms with Crippen LogP contribution in [0, 0.1) is 0 Å². The Morgan fingerprint density at radius 2 is 1.25 bits per heavy atom. The van der Waals surface area contributed by atoms with E-state index in [1.807, 2.05) is 36.4 Å². The predicted molar refractivity (Wildman–Crippen MR) is 90.1 cm³/mol. The Labute approximate surface area is 139 Å². The number of ether oxygens (including phenoxy) is 2. The van der Waals surface area contributed by atoms with Crippen LogP contribution in [0.15, 0.2) is 46.4 Å². The molecule has 24 heavy (non-hydrogen) atoms. The third-order valence-electron chi connectivity index (χ3n) is 3.28. The zero-order valence-electron chi connectivity index (χ0n) is 13.2. The summed E-state index contributed by atoms with van der Waals surface area (Å²) in [5.74, 6) is 1.52. The molecule has 0 saturated carbocycles. The van der Waals surface area contributed by atoms with Crippen molar-refractivity contribution in [2.75, 3.05) is 26.3 Å². The van der Waals surface area contributed by atoms with Crippen molar-refractivity contribution >= 4 is 22.9 Å². The zero-order valence-corrected chi connectivity index (χ0v) is 13.2. The molecule has 0 aliphatic heterocycles. The highest BCUT2D eigenvalue weighted by atomic mass is 16.5. The highest BCUT2D eigenvalue weighted by Gasteiger charge is 2.01. The van der Waals surface area contributed by atoms with Crippen LogP contribution in [0.3, 0.4) is 0 Å². The molecule has 0 spiro atoms. The smallest absolute Gasteiger partial charge is 0.234 e. The van der Waals surface area contributed by atoms with Crippen LogP contribution in [0.4, 0.5) is 0 Å². The van der Waals surface area contributed by atoms with E-state index in [4.69, 9.17) is 9.47 Å². The lowest BCUT2D eigenvalue weighted by atomic mass is 10.1. The summed E-state index contributed by atoms with van der Waals surface area (Å²) in [5.41, 5.74) is 0. The summed E-state index contributed by atoms with van der Waals surface area (Å²) in [5, 5.41) is 2.10. The molecule has 0 amide bonds. The van der Waals surface area contributed by atoms with Gasteiger partial charge in [0.2, 0.25) is 12.2 Å². The van der Waals surface area contributed by atoms with Crippen LogP contribution in [0.25, 0.3) is 10.8 Å². The first-order valence-corrected chi connectivity index (χ1v) is 7.70. The summed E-state index contributed by atoms with van der Waals surface area (Å²) in [6.07, 6.45) is 4.34. The Kier molecular flexibility index (Phi) is 7.22. The Hall–Kier alpha value is -2.94. The maximum absolute atomic E-state index is 9.98. The monoisotopic (exact) mass is 326 g/mol. The van der Waals surface area contributed by atoms with Gasteiger partial charge < -0.3 is 9.47 Å². The predicted octanol–water partition coefficient (Wildman–Crippen LogP) is 3.05. The van der Waals surface area contributed by atoms with E-state index in [0.29, 0.717) is 39.1 Å². The molecule has 0 aliphatic carbocycles. The Bertz CT molecular complexity index is 702. The molecule has 0 N–H and O–H groups in total. The lowest BCUT2D eigenvalue weighted by molar-refractivity contribution is 0.313. The first-order valence-electron chi connectivity index (χ1n) is 7.70. The van der Waals surface area contributed by atoms with Crippen molar-refractivity contribution in [1.82, 2.24) is 0 Å². The van der Waals surface area contributed by atoms with E-state index in [2.05, 4.69) is 9.98 Å². The molecule has 2 rings (SSSR count). The number of benzene rings is 2. The summed E-state index contributed by atoms with van der Waals surface area (Å²) < 4.78 is 11.3. The maximum Gasteiger partial charge on any atom is 0.234 e. The van der Waals surface area contributed by atoms with Crippen molar-refractivity contribution in [2.45, 2.75) is 12.8 Å². The maximum atomic E-state index is 9.98. The highest BCUT2D eigenvalue weighted by Crippen LogP contribution is 2.25. The van der Waals surface area contributed by atoms with Gasteiger partial charge in [0.1, 0.15) is 11.5 Å². The molecule has 124 valence electrons. The van der Waals surface area contributed by atoms with Gasteiger partial charge in [0.15, 0.2) is 0 Å². The second-order valence-electron chi connectivity index (χ2n) is 5.02. The number of nitrogens with zero attached hydrogens (tertiary/aromatic N) is 2. The molecule has 0 aliphatic rings. The van der Waals surface area contributed by atoms with Crippen molar-refractivity contribution in [3.63, 3.8) is 0 Å².